The van der Waals surface area contributed by atoms with Gasteiger partial charge in [-0.05, 0) is 49.3 Å². The van der Waals surface area contributed by atoms with Crippen molar-refractivity contribution in [1.29, 1.82) is 0 Å². The molecule has 22 heavy (non-hydrogen) atoms. The van der Waals surface area contributed by atoms with E-state index in [9.17, 15) is 9.59 Å². The summed E-state index contributed by atoms with van der Waals surface area (Å²) >= 11 is 0. The average Bonchev–Trinajstić information content (AvgIpc) is 2.83. The Morgan fingerprint density at radius 2 is 2.09 bits per heavy atom. The number of benzene rings is 1. The van der Waals surface area contributed by atoms with Gasteiger partial charge in [0.15, 0.2) is 0 Å². The van der Waals surface area contributed by atoms with Crippen LogP contribution in [0.3, 0.4) is 0 Å². The van der Waals surface area contributed by atoms with Crippen LogP contribution in [-0.4, -0.2) is 18.7 Å². The van der Waals surface area contributed by atoms with Crippen LogP contribution in [0.15, 0.2) is 24.3 Å². The molecule has 1 aromatic rings. The highest BCUT2D eigenvalue weighted by molar-refractivity contribution is 5.92. The van der Waals surface area contributed by atoms with Crippen LogP contribution < -0.4 is 4.74 Å². The molecule has 0 aliphatic heterocycles. The van der Waals surface area contributed by atoms with E-state index in [0.29, 0.717) is 24.4 Å². The van der Waals surface area contributed by atoms with Crippen molar-refractivity contribution in [2.45, 2.75) is 45.4 Å². The Bertz CT molecular complexity index is 592. The summed E-state index contributed by atoms with van der Waals surface area (Å²) in [4.78, 5) is 24.6. The summed E-state index contributed by atoms with van der Waals surface area (Å²) in [5.74, 6) is 1.90. The Morgan fingerprint density at radius 3 is 2.86 bits per heavy atom. The number of aryl methyl sites for hydroxylation is 1. The Morgan fingerprint density at radius 1 is 1.27 bits per heavy atom. The topological polar surface area (TPSA) is 43.4 Å². The van der Waals surface area contributed by atoms with E-state index in [1.165, 1.54) is 5.56 Å². The van der Waals surface area contributed by atoms with E-state index in [1.807, 2.05) is 18.2 Å². The van der Waals surface area contributed by atoms with Crippen molar-refractivity contribution in [3.05, 3.63) is 29.8 Å². The summed E-state index contributed by atoms with van der Waals surface area (Å²) in [5, 5.41) is 0. The van der Waals surface area contributed by atoms with Crippen LogP contribution in [-0.2, 0) is 16.0 Å². The van der Waals surface area contributed by atoms with Crippen molar-refractivity contribution in [2.24, 2.45) is 17.3 Å². The van der Waals surface area contributed by atoms with Crippen LogP contribution in [0.1, 0.15) is 44.6 Å². The lowest BCUT2D eigenvalue weighted by molar-refractivity contribution is -0.136. The first-order chi connectivity index (χ1) is 10.5. The summed E-state index contributed by atoms with van der Waals surface area (Å²) in [6.07, 6.45) is 4.59. The number of carbonyl (C=O) groups is 2. The smallest absolute Gasteiger partial charge is 0.139 e. The van der Waals surface area contributed by atoms with E-state index in [0.717, 1.165) is 31.4 Å². The van der Waals surface area contributed by atoms with Gasteiger partial charge in [-0.2, -0.15) is 0 Å². The maximum atomic E-state index is 12.4. The minimum absolute atomic E-state index is 0.0522. The van der Waals surface area contributed by atoms with Gasteiger partial charge < -0.3 is 4.74 Å². The van der Waals surface area contributed by atoms with Gasteiger partial charge in [0.1, 0.15) is 17.3 Å². The predicted molar refractivity (Wildman–Crippen MR) is 84.9 cm³/mol. The van der Waals surface area contributed by atoms with Gasteiger partial charge >= 0.3 is 0 Å². The summed E-state index contributed by atoms with van der Waals surface area (Å²) in [6.45, 7) is 2.08. The van der Waals surface area contributed by atoms with Crippen molar-refractivity contribution in [3.8, 4) is 5.75 Å². The first-order valence-electron chi connectivity index (χ1n) is 8.23. The van der Waals surface area contributed by atoms with Gasteiger partial charge in [-0.15, -0.1) is 0 Å². The van der Waals surface area contributed by atoms with Gasteiger partial charge in [0.05, 0.1) is 7.11 Å². The second-order valence-electron chi connectivity index (χ2n) is 6.95. The molecule has 0 aromatic heterocycles. The number of methoxy groups -OCH3 is 1. The summed E-state index contributed by atoms with van der Waals surface area (Å²) in [6, 6.07) is 8.03. The minimum Gasteiger partial charge on any atom is -0.497 e. The highest BCUT2D eigenvalue weighted by atomic mass is 16.5. The molecule has 3 rings (SSSR count). The third-order valence-corrected chi connectivity index (χ3v) is 5.81. The number of Topliss-reactive ketones (excluding diaryl/α,β-unsaturated/α-hetero) is 2. The number of hydrogen-bond acceptors (Lipinski definition) is 3. The van der Waals surface area contributed by atoms with Crippen LogP contribution in [0.5, 0.6) is 5.75 Å². The number of ketones is 2. The fourth-order valence-electron chi connectivity index (χ4n) is 4.37. The van der Waals surface area contributed by atoms with Gasteiger partial charge in [-0.3, -0.25) is 9.59 Å². The van der Waals surface area contributed by atoms with Gasteiger partial charge in [-0.1, -0.05) is 19.1 Å². The molecule has 3 unspecified atom stereocenters. The van der Waals surface area contributed by atoms with E-state index in [-0.39, 0.29) is 17.3 Å². The van der Waals surface area contributed by atoms with Crippen LogP contribution >= 0.6 is 0 Å². The number of fused-ring (bicyclic) bond motifs is 1. The zero-order valence-electron chi connectivity index (χ0n) is 13.4. The van der Waals surface area contributed by atoms with Crippen LogP contribution in [0.25, 0.3) is 0 Å². The maximum absolute atomic E-state index is 12.4. The summed E-state index contributed by atoms with van der Waals surface area (Å²) < 4.78 is 5.26. The molecule has 118 valence electrons. The molecule has 2 aliphatic rings. The second kappa shape index (κ2) is 5.86. The Balaban J connectivity index is 1.73. The molecule has 0 N–H and O–H groups in total. The van der Waals surface area contributed by atoms with Crippen molar-refractivity contribution in [1.82, 2.24) is 0 Å². The molecule has 0 bridgehead atoms. The molecule has 0 saturated heterocycles. The Labute approximate surface area is 132 Å². The normalized spacial score (nSPS) is 31.2. The second-order valence-corrected chi connectivity index (χ2v) is 6.95. The molecule has 0 amide bonds. The lowest BCUT2D eigenvalue weighted by Crippen LogP contribution is -2.42. The lowest BCUT2D eigenvalue weighted by atomic mass is 9.62. The van der Waals surface area contributed by atoms with Gasteiger partial charge in [0.2, 0.25) is 0 Å². The molecule has 2 fully saturated rings. The molecule has 3 heteroatoms. The van der Waals surface area contributed by atoms with E-state index in [4.69, 9.17) is 4.74 Å². The summed E-state index contributed by atoms with van der Waals surface area (Å²) in [7, 11) is 1.67. The largest absolute Gasteiger partial charge is 0.497 e. The molecule has 3 nitrogen and oxygen atoms in total. The maximum Gasteiger partial charge on any atom is 0.139 e. The molecular weight excluding hydrogens is 276 g/mol. The molecular formula is C19H24O3. The SMILES string of the molecule is COc1cccc(CCC2C(=O)CCC3(C)C(=O)CCC23)c1. The number of ether oxygens (including phenoxy) is 1. The molecule has 0 spiro atoms. The standard InChI is InChI=1S/C19H24O3/c1-19-11-10-17(20)15(16(19)8-9-18(19)21)7-6-13-4-3-5-14(12-13)22-2/h3-5,12,15-16H,6-11H2,1-2H3. The Hall–Kier alpha value is -1.64. The van der Waals surface area contributed by atoms with Crippen molar-refractivity contribution in [3.63, 3.8) is 0 Å². The summed E-state index contributed by atoms with van der Waals surface area (Å²) in [5.41, 5.74) is 0.955. The van der Waals surface area contributed by atoms with E-state index in [2.05, 4.69) is 13.0 Å². The van der Waals surface area contributed by atoms with E-state index >= 15 is 0 Å². The number of carbonyl (C=O) groups excluding carboxylic acids is 2. The van der Waals surface area contributed by atoms with Gasteiger partial charge in [-0.25, -0.2) is 0 Å². The van der Waals surface area contributed by atoms with Crippen LogP contribution in [0.2, 0.25) is 0 Å². The van der Waals surface area contributed by atoms with Gasteiger partial charge in [0, 0.05) is 24.2 Å². The van der Waals surface area contributed by atoms with E-state index < -0.39 is 0 Å². The first-order valence-corrected chi connectivity index (χ1v) is 8.23. The average molecular weight is 300 g/mol. The van der Waals surface area contributed by atoms with Gasteiger partial charge in [0.25, 0.3) is 0 Å². The predicted octanol–water partition coefficient (Wildman–Crippen LogP) is 3.59. The van der Waals surface area contributed by atoms with Crippen molar-refractivity contribution >= 4 is 11.6 Å². The van der Waals surface area contributed by atoms with E-state index in [1.54, 1.807) is 7.11 Å². The van der Waals surface area contributed by atoms with Crippen LogP contribution in [0, 0.1) is 17.3 Å². The quantitative estimate of drug-likeness (QED) is 0.853. The van der Waals surface area contributed by atoms with Crippen molar-refractivity contribution < 1.29 is 14.3 Å². The number of rotatable bonds is 4. The zero-order chi connectivity index (χ0) is 15.7. The fraction of sp³-hybridized carbons (Fsp3) is 0.579. The lowest BCUT2D eigenvalue weighted by Gasteiger charge is -2.39. The molecule has 3 atom stereocenters. The Kier molecular flexibility index (Phi) is 4.07. The third kappa shape index (κ3) is 2.57. The first kappa shape index (κ1) is 15.3. The number of hydrogen-bond donors (Lipinski definition) is 0. The molecule has 0 radical (unpaired) electrons. The molecule has 1 aromatic carbocycles. The highest BCUT2D eigenvalue weighted by Crippen LogP contribution is 2.52. The minimum atomic E-state index is -0.243. The third-order valence-electron chi connectivity index (χ3n) is 5.81. The van der Waals surface area contributed by atoms with Crippen molar-refractivity contribution in [2.75, 3.05) is 7.11 Å². The fourth-order valence-corrected chi connectivity index (χ4v) is 4.37. The molecule has 2 saturated carbocycles. The molecule has 2 aliphatic carbocycles. The zero-order valence-corrected chi connectivity index (χ0v) is 13.4. The monoisotopic (exact) mass is 300 g/mol. The molecule has 0 heterocycles. The van der Waals surface area contributed by atoms with Crippen LogP contribution in [0.4, 0.5) is 0 Å². The highest BCUT2D eigenvalue weighted by Gasteiger charge is 2.53.